The summed E-state index contributed by atoms with van der Waals surface area (Å²) >= 11 is 5.78. The number of hydrogen-bond acceptors (Lipinski definition) is 3. The van der Waals surface area contributed by atoms with E-state index < -0.39 is 0 Å². The minimum atomic E-state index is -0.115. The van der Waals surface area contributed by atoms with Crippen molar-refractivity contribution in [2.24, 2.45) is 0 Å². The molecule has 0 radical (unpaired) electrons. The Hall–Kier alpha value is -1.74. The Morgan fingerprint density at radius 1 is 1.12 bits per heavy atom. The van der Waals surface area contributed by atoms with E-state index in [-0.39, 0.29) is 5.78 Å². The molecule has 0 amide bonds. The zero-order chi connectivity index (χ0) is 12.4. The maximum Gasteiger partial charge on any atom is 0.211 e. The molecule has 1 aromatic carbocycles. The molecule has 1 aromatic heterocycles. The van der Waals surface area contributed by atoms with Gasteiger partial charge in [0.15, 0.2) is 0 Å². The van der Waals surface area contributed by atoms with Crippen molar-refractivity contribution in [3.05, 3.63) is 58.1 Å². The molecule has 1 heterocycles. The minimum Gasteiger partial charge on any atom is -0.287 e. The number of aryl methyl sites for hydroxylation is 2. The van der Waals surface area contributed by atoms with Crippen LogP contribution in [0, 0.1) is 13.8 Å². The lowest BCUT2D eigenvalue weighted by Crippen LogP contribution is -2.07. The molecule has 0 spiro atoms. The normalized spacial score (nSPS) is 10.3. The van der Waals surface area contributed by atoms with Crippen LogP contribution in [0.15, 0.2) is 30.3 Å². The molecule has 0 saturated heterocycles. The summed E-state index contributed by atoms with van der Waals surface area (Å²) < 4.78 is 0. The van der Waals surface area contributed by atoms with Crippen LogP contribution in [-0.4, -0.2) is 15.8 Å². The van der Waals surface area contributed by atoms with Crippen molar-refractivity contribution < 1.29 is 4.79 Å². The van der Waals surface area contributed by atoms with Gasteiger partial charge in [0.25, 0.3) is 0 Å². The van der Waals surface area contributed by atoms with Gasteiger partial charge in [-0.1, -0.05) is 11.6 Å². The minimum absolute atomic E-state index is 0.115. The van der Waals surface area contributed by atoms with E-state index in [0.29, 0.717) is 22.1 Å². The molecule has 0 bridgehead atoms. The molecule has 0 atom stereocenters. The summed E-state index contributed by atoms with van der Waals surface area (Å²) in [5.41, 5.74) is 1.78. The molecule has 0 saturated carbocycles. The summed E-state index contributed by atoms with van der Waals surface area (Å²) in [6.45, 7) is 3.61. The Balaban J connectivity index is 2.40. The van der Waals surface area contributed by atoms with E-state index >= 15 is 0 Å². The summed E-state index contributed by atoms with van der Waals surface area (Å²) in [5, 5.41) is 0.608. The van der Waals surface area contributed by atoms with Gasteiger partial charge in [-0.25, -0.2) is 9.97 Å². The van der Waals surface area contributed by atoms with Crippen LogP contribution >= 0.6 is 11.6 Å². The van der Waals surface area contributed by atoms with Gasteiger partial charge in [0.05, 0.1) is 0 Å². The van der Waals surface area contributed by atoms with E-state index in [0.717, 1.165) is 5.69 Å². The number of benzene rings is 1. The van der Waals surface area contributed by atoms with E-state index in [1.165, 1.54) is 0 Å². The Bertz CT molecular complexity index is 544. The van der Waals surface area contributed by atoms with E-state index in [4.69, 9.17) is 11.6 Å². The number of carbonyl (C=O) groups is 1. The number of nitrogens with zero attached hydrogens (tertiary/aromatic N) is 2. The summed E-state index contributed by atoms with van der Waals surface area (Å²) in [6, 6.07) is 8.45. The molecule has 0 fully saturated rings. The van der Waals surface area contributed by atoms with Crippen LogP contribution in [0.25, 0.3) is 0 Å². The van der Waals surface area contributed by atoms with Crippen LogP contribution in [-0.2, 0) is 0 Å². The van der Waals surface area contributed by atoms with Crippen molar-refractivity contribution in [3.8, 4) is 0 Å². The summed E-state index contributed by atoms with van der Waals surface area (Å²) in [4.78, 5) is 20.4. The van der Waals surface area contributed by atoms with Crippen LogP contribution in [0.3, 0.4) is 0 Å². The third-order valence-corrected chi connectivity index (χ3v) is 2.56. The average Bonchev–Trinajstić information content (AvgIpc) is 2.28. The highest BCUT2D eigenvalue weighted by Gasteiger charge is 2.11. The van der Waals surface area contributed by atoms with Crippen molar-refractivity contribution in [1.82, 2.24) is 9.97 Å². The van der Waals surface area contributed by atoms with Crippen LogP contribution in [0.2, 0.25) is 5.02 Å². The second-order valence-corrected chi connectivity index (χ2v) is 4.21. The number of hydrogen-bond donors (Lipinski definition) is 0. The number of ketones is 1. The van der Waals surface area contributed by atoms with Crippen molar-refractivity contribution in [3.63, 3.8) is 0 Å². The van der Waals surface area contributed by atoms with Crippen molar-refractivity contribution in [2.45, 2.75) is 13.8 Å². The van der Waals surface area contributed by atoms with Crippen LogP contribution in [0.1, 0.15) is 27.6 Å². The summed E-state index contributed by atoms with van der Waals surface area (Å²) in [5.74, 6) is 0.484. The molecule has 2 aromatic rings. The maximum atomic E-state index is 12.1. The van der Waals surface area contributed by atoms with Gasteiger partial charge < -0.3 is 0 Å². The Morgan fingerprint density at radius 2 is 1.76 bits per heavy atom. The van der Waals surface area contributed by atoms with E-state index in [9.17, 15) is 4.79 Å². The monoisotopic (exact) mass is 246 g/mol. The van der Waals surface area contributed by atoms with Gasteiger partial charge in [0.1, 0.15) is 11.5 Å². The molecular formula is C13H11ClN2O. The fraction of sp³-hybridized carbons (Fsp3) is 0.154. The first kappa shape index (κ1) is 11.7. The van der Waals surface area contributed by atoms with Gasteiger partial charge in [-0.3, -0.25) is 4.79 Å². The van der Waals surface area contributed by atoms with Crippen LogP contribution in [0.5, 0.6) is 0 Å². The molecule has 0 unspecified atom stereocenters. The van der Waals surface area contributed by atoms with E-state index in [1.54, 1.807) is 37.3 Å². The lowest BCUT2D eigenvalue weighted by Gasteiger charge is -2.03. The number of rotatable bonds is 2. The highest BCUT2D eigenvalue weighted by Crippen LogP contribution is 2.13. The predicted molar refractivity (Wildman–Crippen MR) is 66.4 cm³/mol. The zero-order valence-electron chi connectivity index (χ0n) is 9.57. The van der Waals surface area contributed by atoms with Gasteiger partial charge in [-0.15, -0.1) is 0 Å². The summed E-state index contributed by atoms with van der Waals surface area (Å²) in [6.07, 6.45) is 0. The molecule has 86 valence electrons. The standard InChI is InChI=1S/C13H11ClN2O/c1-8-7-12(16-9(2)15-8)13(17)10-3-5-11(14)6-4-10/h3-7H,1-2H3. The summed E-state index contributed by atoms with van der Waals surface area (Å²) in [7, 11) is 0. The molecule has 4 heteroatoms. The lowest BCUT2D eigenvalue weighted by molar-refractivity contribution is 0.103. The van der Waals surface area contributed by atoms with Crippen molar-refractivity contribution in [2.75, 3.05) is 0 Å². The molecule has 17 heavy (non-hydrogen) atoms. The molecular weight excluding hydrogens is 236 g/mol. The Kier molecular flexibility index (Phi) is 3.20. The number of halogens is 1. The molecule has 0 aliphatic rings. The number of aromatic nitrogens is 2. The van der Waals surface area contributed by atoms with Crippen LogP contribution in [0.4, 0.5) is 0 Å². The van der Waals surface area contributed by atoms with E-state index in [1.807, 2.05) is 6.92 Å². The first-order valence-electron chi connectivity index (χ1n) is 5.19. The van der Waals surface area contributed by atoms with E-state index in [2.05, 4.69) is 9.97 Å². The molecule has 2 rings (SSSR count). The number of carbonyl (C=O) groups excluding carboxylic acids is 1. The lowest BCUT2D eigenvalue weighted by atomic mass is 10.1. The van der Waals surface area contributed by atoms with Gasteiger partial charge in [0, 0.05) is 16.3 Å². The maximum absolute atomic E-state index is 12.1. The molecule has 0 N–H and O–H groups in total. The van der Waals surface area contributed by atoms with Crippen molar-refractivity contribution in [1.29, 1.82) is 0 Å². The Labute approximate surface area is 104 Å². The highest BCUT2D eigenvalue weighted by atomic mass is 35.5. The SMILES string of the molecule is Cc1cc(C(=O)c2ccc(Cl)cc2)nc(C)n1. The third-order valence-electron chi connectivity index (χ3n) is 2.31. The topological polar surface area (TPSA) is 42.9 Å². The first-order valence-corrected chi connectivity index (χ1v) is 5.56. The second kappa shape index (κ2) is 4.63. The van der Waals surface area contributed by atoms with Gasteiger partial charge in [-0.05, 0) is 44.2 Å². The average molecular weight is 247 g/mol. The molecule has 3 nitrogen and oxygen atoms in total. The first-order chi connectivity index (χ1) is 8.06. The fourth-order valence-corrected chi connectivity index (χ4v) is 1.71. The van der Waals surface area contributed by atoms with Gasteiger partial charge >= 0.3 is 0 Å². The third kappa shape index (κ3) is 2.68. The zero-order valence-corrected chi connectivity index (χ0v) is 10.3. The highest BCUT2D eigenvalue weighted by molar-refractivity contribution is 6.30. The Morgan fingerprint density at radius 3 is 2.35 bits per heavy atom. The van der Waals surface area contributed by atoms with Gasteiger partial charge in [-0.2, -0.15) is 0 Å². The predicted octanol–water partition coefficient (Wildman–Crippen LogP) is 2.98. The largest absolute Gasteiger partial charge is 0.287 e. The van der Waals surface area contributed by atoms with Crippen LogP contribution < -0.4 is 0 Å². The smallest absolute Gasteiger partial charge is 0.211 e. The molecule has 0 aliphatic carbocycles. The second-order valence-electron chi connectivity index (χ2n) is 3.78. The van der Waals surface area contributed by atoms with Gasteiger partial charge in [0.2, 0.25) is 5.78 Å². The quantitative estimate of drug-likeness (QED) is 0.765. The van der Waals surface area contributed by atoms with Crippen molar-refractivity contribution >= 4 is 17.4 Å². The molecule has 0 aliphatic heterocycles. The fourth-order valence-electron chi connectivity index (χ4n) is 1.58.